The summed E-state index contributed by atoms with van der Waals surface area (Å²) < 4.78 is 5.47. The van der Waals surface area contributed by atoms with Crippen molar-refractivity contribution in [2.24, 2.45) is 16.1 Å². The van der Waals surface area contributed by atoms with Gasteiger partial charge in [-0.2, -0.15) is 0 Å². The number of ketones is 1. The molecule has 0 aromatic heterocycles. The first-order valence-electron chi connectivity index (χ1n) is 8.87. The van der Waals surface area contributed by atoms with E-state index in [4.69, 9.17) is 10.5 Å². The number of amides is 2. The third kappa shape index (κ3) is 7.41. The highest BCUT2D eigenvalue weighted by molar-refractivity contribution is 6.09. The minimum atomic E-state index is -0.605. The number of carbonyl (C=O) groups excluding carboxylic acids is 3. The van der Waals surface area contributed by atoms with Crippen LogP contribution in [0.15, 0.2) is 58.9 Å². The Bertz CT molecular complexity index is 877. The fourth-order valence-electron chi connectivity index (χ4n) is 2.23. The zero-order valence-electron chi connectivity index (χ0n) is 16.3. The molecular formula is C20H23N5O4. The van der Waals surface area contributed by atoms with Gasteiger partial charge in [-0.15, -0.1) is 5.11 Å². The zero-order chi connectivity index (χ0) is 21.2. The van der Waals surface area contributed by atoms with Crippen molar-refractivity contribution in [2.75, 3.05) is 27.2 Å². The molecule has 0 aliphatic rings. The van der Waals surface area contributed by atoms with Crippen LogP contribution < -0.4 is 15.8 Å². The maximum atomic E-state index is 12.6. The van der Waals surface area contributed by atoms with Crippen molar-refractivity contribution >= 4 is 23.3 Å². The number of carbonyl (C=O) groups is 3. The summed E-state index contributed by atoms with van der Waals surface area (Å²) in [5.41, 5.74) is 6.65. The van der Waals surface area contributed by atoms with Crippen LogP contribution in [0.2, 0.25) is 0 Å². The van der Waals surface area contributed by atoms with Crippen LogP contribution in [-0.2, 0) is 9.59 Å². The highest BCUT2D eigenvalue weighted by Crippen LogP contribution is 2.18. The Balaban J connectivity index is 1.88. The first-order chi connectivity index (χ1) is 13.8. The second-order valence-corrected chi connectivity index (χ2v) is 6.28. The summed E-state index contributed by atoms with van der Waals surface area (Å²) in [7, 11) is 3.54. The molecular weight excluding hydrogens is 374 g/mol. The van der Waals surface area contributed by atoms with E-state index in [2.05, 4.69) is 15.7 Å². The van der Waals surface area contributed by atoms with E-state index in [-0.39, 0.29) is 31.3 Å². The summed E-state index contributed by atoms with van der Waals surface area (Å²) in [6.45, 7) is -0.0595. The quantitative estimate of drug-likeness (QED) is 0.359. The maximum absolute atomic E-state index is 12.6. The van der Waals surface area contributed by atoms with Gasteiger partial charge in [-0.3, -0.25) is 19.4 Å². The SMILES string of the molecule is CN(C)/N=N/c1ccc(C(=O)c2ccc(OCCC(=O)NCC(N)=O)cc2)cc1. The second-order valence-electron chi connectivity index (χ2n) is 6.28. The predicted molar refractivity (Wildman–Crippen MR) is 107 cm³/mol. The van der Waals surface area contributed by atoms with Gasteiger partial charge in [0.2, 0.25) is 11.8 Å². The Kier molecular flexibility index (Phi) is 7.84. The third-order valence-corrected chi connectivity index (χ3v) is 3.64. The number of benzene rings is 2. The molecule has 0 aliphatic carbocycles. The van der Waals surface area contributed by atoms with Crippen LogP contribution in [0.25, 0.3) is 0 Å². The van der Waals surface area contributed by atoms with Gasteiger partial charge in [0.15, 0.2) is 5.78 Å². The number of nitrogens with two attached hydrogens (primary N) is 1. The fourth-order valence-corrected chi connectivity index (χ4v) is 2.23. The topological polar surface area (TPSA) is 126 Å². The summed E-state index contributed by atoms with van der Waals surface area (Å²) >= 11 is 0. The van der Waals surface area contributed by atoms with Crippen LogP contribution in [0, 0.1) is 0 Å². The van der Waals surface area contributed by atoms with Gasteiger partial charge in [0.1, 0.15) is 5.75 Å². The Labute approximate surface area is 168 Å². The average Bonchev–Trinajstić information content (AvgIpc) is 2.71. The molecule has 29 heavy (non-hydrogen) atoms. The number of hydrogen-bond acceptors (Lipinski definition) is 6. The number of nitrogens with zero attached hydrogens (tertiary/aromatic N) is 3. The minimum absolute atomic E-state index is 0.0888. The van der Waals surface area contributed by atoms with Gasteiger partial charge in [-0.1, -0.05) is 5.22 Å². The lowest BCUT2D eigenvalue weighted by Crippen LogP contribution is -2.33. The summed E-state index contributed by atoms with van der Waals surface area (Å²) in [5.74, 6) is -0.529. The number of primary amides is 1. The molecule has 0 spiro atoms. The lowest BCUT2D eigenvalue weighted by Gasteiger charge is -2.07. The number of nitrogens with one attached hydrogen (secondary N) is 1. The molecule has 152 valence electrons. The van der Waals surface area contributed by atoms with E-state index in [0.717, 1.165) is 0 Å². The smallest absolute Gasteiger partial charge is 0.236 e. The van der Waals surface area contributed by atoms with Crippen molar-refractivity contribution in [3.63, 3.8) is 0 Å². The van der Waals surface area contributed by atoms with Crippen LogP contribution in [0.4, 0.5) is 5.69 Å². The van der Waals surface area contributed by atoms with E-state index in [1.165, 1.54) is 0 Å². The van der Waals surface area contributed by atoms with Crippen LogP contribution in [0.5, 0.6) is 5.75 Å². The summed E-state index contributed by atoms with van der Waals surface area (Å²) in [4.78, 5) is 34.6. The average molecular weight is 397 g/mol. The molecule has 0 unspecified atom stereocenters. The van der Waals surface area contributed by atoms with Gasteiger partial charge in [0, 0.05) is 25.2 Å². The van der Waals surface area contributed by atoms with E-state index in [9.17, 15) is 14.4 Å². The van der Waals surface area contributed by atoms with Crippen molar-refractivity contribution < 1.29 is 19.1 Å². The van der Waals surface area contributed by atoms with Crippen LogP contribution in [0.1, 0.15) is 22.3 Å². The monoisotopic (exact) mass is 397 g/mol. The minimum Gasteiger partial charge on any atom is -0.493 e. The van der Waals surface area contributed by atoms with Crippen molar-refractivity contribution in [1.82, 2.24) is 10.3 Å². The van der Waals surface area contributed by atoms with Gasteiger partial charge >= 0.3 is 0 Å². The molecule has 9 heteroatoms. The van der Waals surface area contributed by atoms with E-state index >= 15 is 0 Å². The highest BCUT2D eigenvalue weighted by atomic mass is 16.5. The molecule has 0 radical (unpaired) electrons. The van der Waals surface area contributed by atoms with Gasteiger partial charge in [0.05, 0.1) is 25.3 Å². The standard InChI is InChI=1S/C20H23N5O4/c1-25(2)24-23-16-7-3-14(4-8-16)20(28)15-5-9-17(10-6-15)29-12-11-19(27)22-13-18(21)26/h3-10H,11-13H2,1-2H3,(H2,21,26)(H,22,27)/b24-23+. The summed E-state index contributed by atoms with van der Waals surface area (Å²) in [6.07, 6.45) is 0.0888. The normalized spacial score (nSPS) is 10.6. The number of ether oxygens (including phenoxy) is 1. The number of hydrogen-bond donors (Lipinski definition) is 2. The summed E-state index contributed by atoms with van der Waals surface area (Å²) in [6, 6.07) is 13.5. The second kappa shape index (κ2) is 10.5. The molecule has 9 nitrogen and oxygen atoms in total. The summed E-state index contributed by atoms with van der Waals surface area (Å²) in [5, 5.41) is 11.9. The van der Waals surface area contributed by atoms with Crippen LogP contribution in [-0.4, -0.2) is 49.9 Å². The Hall–Kier alpha value is -3.75. The van der Waals surface area contributed by atoms with Gasteiger partial charge in [0.25, 0.3) is 0 Å². The molecule has 2 amide bonds. The molecule has 0 saturated heterocycles. The van der Waals surface area contributed by atoms with Gasteiger partial charge < -0.3 is 15.8 Å². The molecule has 0 aliphatic heterocycles. The van der Waals surface area contributed by atoms with Crippen molar-refractivity contribution in [3.8, 4) is 5.75 Å². The Morgan fingerprint density at radius 2 is 1.59 bits per heavy atom. The van der Waals surface area contributed by atoms with E-state index in [1.54, 1.807) is 67.6 Å². The predicted octanol–water partition coefficient (Wildman–Crippen LogP) is 1.85. The van der Waals surface area contributed by atoms with E-state index < -0.39 is 5.91 Å². The van der Waals surface area contributed by atoms with Crippen molar-refractivity contribution in [3.05, 3.63) is 59.7 Å². The van der Waals surface area contributed by atoms with Gasteiger partial charge in [-0.05, 0) is 48.5 Å². The lowest BCUT2D eigenvalue weighted by molar-refractivity contribution is -0.125. The Morgan fingerprint density at radius 3 is 2.14 bits per heavy atom. The molecule has 0 saturated carbocycles. The Morgan fingerprint density at radius 1 is 1.00 bits per heavy atom. The van der Waals surface area contributed by atoms with E-state index in [0.29, 0.717) is 22.6 Å². The molecule has 2 aromatic rings. The zero-order valence-corrected chi connectivity index (χ0v) is 16.3. The molecule has 3 N–H and O–H groups in total. The van der Waals surface area contributed by atoms with Crippen molar-refractivity contribution in [2.45, 2.75) is 6.42 Å². The highest BCUT2D eigenvalue weighted by Gasteiger charge is 2.09. The fraction of sp³-hybridized carbons (Fsp3) is 0.250. The first kappa shape index (κ1) is 21.5. The maximum Gasteiger partial charge on any atom is 0.236 e. The molecule has 0 bridgehead atoms. The largest absolute Gasteiger partial charge is 0.493 e. The van der Waals surface area contributed by atoms with Crippen LogP contribution >= 0.6 is 0 Å². The lowest BCUT2D eigenvalue weighted by atomic mass is 10.0. The molecule has 0 atom stereocenters. The van der Waals surface area contributed by atoms with Crippen LogP contribution in [0.3, 0.4) is 0 Å². The molecule has 2 rings (SSSR count). The van der Waals surface area contributed by atoms with Crippen molar-refractivity contribution in [1.29, 1.82) is 0 Å². The third-order valence-electron chi connectivity index (χ3n) is 3.64. The first-order valence-corrected chi connectivity index (χ1v) is 8.87. The molecule has 0 fully saturated rings. The molecule has 2 aromatic carbocycles. The number of rotatable bonds is 10. The molecule has 0 heterocycles. The van der Waals surface area contributed by atoms with E-state index in [1.807, 2.05) is 0 Å². The van der Waals surface area contributed by atoms with Gasteiger partial charge in [-0.25, -0.2) is 0 Å².